The molecule has 114 valence electrons. The van der Waals surface area contributed by atoms with Crippen molar-refractivity contribution in [1.82, 2.24) is 9.21 Å². The molecule has 7 heteroatoms. The van der Waals surface area contributed by atoms with Crippen LogP contribution < -0.4 is 0 Å². The van der Waals surface area contributed by atoms with E-state index >= 15 is 0 Å². The number of nitrogens with zero attached hydrogens (tertiary/aromatic N) is 3. The fourth-order valence-corrected chi connectivity index (χ4v) is 4.59. The maximum atomic E-state index is 12.7. The van der Waals surface area contributed by atoms with Crippen molar-refractivity contribution in [2.45, 2.75) is 30.8 Å². The van der Waals surface area contributed by atoms with Gasteiger partial charge in [-0.25, -0.2) is 8.42 Å². The van der Waals surface area contributed by atoms with Gasteiger partial charge in [-0.05, 0) is 39.1 Å². The minimum atomic E-state index is -3.64. The molecule has 1 saturated heterocycles. The third-order valence-electron chi connectivity index (χ3n) is 4.01. The van der Waals surface area contributed by atoms with Crippen molar-refractivity contribution < 1.29 is 8.42 Å². The van der Waals surface area contributed by atoms with Crippen molar-refractivity contribution in [3.05, 3.63) is 28.8 Å². The molecule has 21 heavy (non-hydrogen) atoms. The molecule has 0 radical (unpaired) electrons. The van der Waals surface area contributed by atoms with Crippen molar-refractivity contribution in [2.75, 3.05) is 20.1 Å². The van der Waals surface area contributed by atoms with E-state index in [1.807, 2.05) is 27.0 Å². The van der Waals surface area contributed by atoms with Crippen molar-refractivity contribution in [3.8, 4) is 6.07 Å². The lowest BCUT2D eigenvalue weighted by Gasteiger charge is -2.41. The molecule has 0 bridgehead atoms. The Morgan fingerprint density at radius 3 is 2.33 bits per heavy atom. The van der Waals surface area contributed by atoms with Crippen molar-refractivity contribution >= 4 is 21.6 Å². The van der Waals surface area contributed by atoms with Crippen LogP contribution in [0.3, 0.4) is 0 Å². The lowest BCUT2D eigenvalue weighted by Crippen LogP contribution is -2.56. The van der Waals surface area contributed by atoms with E-state index in [2.05, 4.69) is 4.90 Å². The van der Waals surface area contributed by atoms with E-state index < -0.39 is 10.0 Å². The van der Waals surface area contributed by atoms with E-state index in [0.717, 1.165) is 0 Å². The molecule has 0 spiro atoms. The van der Waals surface area contributed by atoms with Crippen molar-refractivity contribution in [2.24, 2.45) is 0 Å². The second-order valence-electron chi connectivity index (χ2n) is 5.44. The highest BCUT2D eigenvalue weighted by Gasteiger charge is 2.35. The fraction of sp³-hybridized carbons (Fsp3) is 0.500. The van der Waals surface area contributed by atoms with Gasteiger partial charge in [0, 0.05) is 25.2 Å². The van der Waals surface area contributed by atoms with Gasteiger partial charge in [0.15, 0.2) is 0 Å². The smallest absolute Gasteiger partial charge is 0.244 e. The monoisotopic (exact) mass is 327 g/mol. The number of halogens is 1. The highest BCUT2D eigenvalue weighted by Crippen LogP contribution is 2.28. The number of hydrogen-bond acceptors (Lipinski definition) is 4. The summed E-state index contributed by atoms with van der Waals surface area (Å²) in [6, 6.07) is 6.49. The number of rotatable bonds is 2. The molecule has 2 atom stereocenters. The lowest BCUT2D eigenvalue weighted by atomic mass is 10.1. The Bertz CT molecular complexity index is 672. The van der Waals surface area contributed by atoms with E-state index in [1.54, 1.807) is 0 Å². The van der Waals surface area contributed by atoms with E-state index in [-0.39, 0.29) is 22.0 Å². The molecule has 2 unspecified atom stereocenters. The normalized spacial score (nSPS) is 24.7. The third-order valence-corrected chi connectivity index (χ3v) is 6.32. The summed E-state index contributed by atoms with van der Waals surface area (Å²) >= 11 is 6.05. The zero-order valence-corrected chi connectivity index (χ0v) is 13.8. The van der Waals surface area contributed by atoms with Gasteiger partial charge < -0.3 is 0 Å². The van der Waals surface area contributed by atoms with Crippen molar-refractivity contribution in [3.63, 3.8) is 0 Å². The third kappa shape index (κ3) is 3.06. The molecule has 1 fully saturated rings. The van der Waals surface area contributed by atoms with Crippen LogP contribution in [0.5, 0.6) is 0 Å². The molecule has 1 aliphatic rings. The van der Waals surface area contributed by atoms with Gasteiger partial charge in [-0.3, -0.25) is 4.90 Å². The first-order chi connectivity index (χ1) is 9.77. The average molecular weight is 328 g/mol. The predicted octanol–water partition coefficient (Wildman–Crippen LogP) is 1.92. The Kier molecular flexibility index (Phi) is 4.59. The zero-order chi connectivity index (χ0) is 15.8. The van der Waals surface area contributed by atoms with Crippen LogP contribution in [0, 0.1) is 11.3 Å². The van der Waals surface area contributed by atoms with Gasteiger partial charge >= 0.3 is 0 Å². The van der Waals surface area contributed by atoms with E-state index in [4.69, 9.17) is 16.9 Å². The molecule has 0 saturated carbocycles. The molecule has 0 N–H and O–H groups in total. The molecular weight excluding hydrogens is 310 g/mol. The zero-order valence-electron chi connectivity index (χ0n) is 12.2. The van der Waals surface area contributed by atoms with E-state index in [0.29, 0.717) is 18.7 Å². The second kappa shape index (κ2) is 5.93. The molecule has 1 aromatic carbocycles. The topological polar surface area (TPSA) is 64.4 Å². The van der Waals surface area contributed by atoms with Gasteiger partial charge in [-0.2, -0.15) is 9.57 Å². The summed E-state index contributed by atoms with van der Waals surface area (Å²) in [5.74, 6) is 0. The Morgan fingerprint density at radius 1 is 1.29 bits per heavy atom. The Balaban J connectivity index is 2.37. The van der Waals surface area contributed by atoms with Crippen LogP contribution in [0.1, 0.15) is 19.4 Å². The van der Waals surface area contributed by atoms with Gasteiger partial charge in [0.25, 0.3) is 0 Å². The Hall–Kier alpha value is -1.13. The summed E-state index contributed by atoms with van der Waals surface area (Å²) in [6.07, 6.45) is 0. The van der Waals surface area contributed by atoms with Crippen molar-refractivity contribution in [1.29, 1.82) is 5.26 Å². The Labute approximate surface area is 130 Å². The number of hydrogen-bond donors (Lipinski definition) is 0. The minimum Gasteiger partial charge on any atom is -0.298 e. The van der Waals surface area contributed by atoms with Gasteiger partial charge in [0.2, 0.25) is 10.0 Å². The molecule has 5 nitrogen and oxygen atoms in total. The molecule has 1 aromatic rings. The first-order valence-corrected chi connectivity index (χ1v) is 8.51. The van der Waals surface area contributed by atoms with Gasteiger partial charge in [-0.15, -0.1) is 0 Å². The SMILES string of the molecule is CC1CN(S(=O)(=O)c2ccc(C#N)cc2Cl)CC(C)N1C. The van der Waals surface area contributed by atoms with E-state index in [1.165, 1.54) is 22.5 Å². The highest BCUT2D eigenvalue weighted by atomic mass is 35.5. The highest BCUT2D eigenvalue weighted by molar-refractivity contribution is 7.89. The summed E-state index contributed by atoms with van der Waals surface area (Å²) in [6.45, 7) is 4.86. The maximum Gasteiger partial charge on any atom is 0.244 e. The Morgan fingerprint density at radius 2 is 1.86 bits per heavy atom. The standard InChI is InChI=1S/C14H18ClN3O2S/c1-10-8-18(9-11(2)17(10)3)21(19,20)14-5-4-12(7-16)6-13(14)15/h4-6,10-11H,8-9H2,1-3H3. The quantitative estimate of drug-likeness (QED) is 0.832. The molecule has 2 rings (SSSR count). The number of sulfonamides is 1. The molecule has 0 amide bonds. The molecular formula is C14H18ClN3O2S. The average Bonchev–Trinajstić information content (AvgIpc) is 2.43. The lowest BCUT2D eigenvalue weighted by molar-refractivity contribution is 0.105. The molecule has 1 heterocycles. The second-order valence-corrected chi connectivity index (χ2v) is 7.76. The van der Waals surface area contributed by atoms with Crippen LogP contribution in [0.4, 0.5) is 0 Å². The first kappa shape index (κ1) is 16.2. The fourth-order valence-electron chi connectivity index (χ4n) is 2.47. The van der Waals surface area contributed by atoms with Crippen LogP contribution in [-0.2, 0) is 10.0 Å². The first-order valence-electron chi connectivity index (χ1n) is 6.69. The van der Waals surface area contributed by atoms with Crippen LogP contribution in [-0.4, -0.2) is 49.8 Å². The van der Waals surface area contributed by atoms with Crippen LogP contribution in [0.2, 0.25) is 5.02 Å². The molecule has 0 aromatic heterocycles. The van der Waals surface area contributed by atoms with Crippen LogP contribution in [0.15, 0.2) is 23.1 Å². The summed E-state index contributed by atoms with van der Waals surface area (Å²) in [5, 5.41) is 8.92. The number of benzene rings is 1. The number of likely N-dealkylation sites (N-methyl/N-ethyl adjacent to an activating group) is 1. The summed E-state index contributed by atoms with van der Waals surface area (Å²) < 4.78 is 27.0. The largest absolute Gasteiger partial charge is 0.298 e. The van der Waals surface area contributed by atoms with Gasteiger partial charge in [0.1, 0.15) is 4.90 Å². The summed E-state index contributed by atoms with van der Waals surface area (Å²) in [4.78, 5) is 2.22. The van der Waals surface area contributed by atoms with Gasteiger partial charge in [-0.1, -0.05) is 11.6 Å². The minimum absolute atomic E-state index is 0.0621. The summed E-state index contributed by atoms with van der Waals surface area (Å²) in [5.41, 5.74) is 0.346. The van der Waals surface area contributed by atoms with Crippen LogP contribution in [0.25, 0.3) is 0 Å². The van der Waals surface area contributed by atoms with Crippen LogP contribution >= 0.6 is 11.6 Å². The number of piperazine rings is 1. The van der Waals surface area contributed by atoms with E-state index in [9.17, 15) is 8.42 Å². The number of nitriles is 1. The summed E-state index contributed by atoms with van der Waals surface area (Å²) in [7, 11) is -1.65. The predicted molar refractivity (Wildman–Crippen MR) is 81.6 cm³/mol. The van der Waals surface area contributed by atoms with Gasteiger partial charge in [0.05, 0.1) is 16.7 Å². The molecule has 1 aliphatic heterocycles. The molecule has 0 aliphatic carbocycles. The maximum absolute atomic E-state index is 12.7.